The second kappa shape index (κ2) is 7.47. The molecule has 1 N–H and O–H groups in total. The molecular weight excluding hydrogens is 420 g/mol. The van der Waals surface area contributed by atoms with E-state index in [1.807, 2.05) is 37.3 Å². The summed E-state index contributed by atoms with van der Waals surface area (Å²) < 4.78 is 0.929. The van der Waals surface area contributed by atoms with Crippen LogP contribution in [0, 0.1) is 3.57 Å². The van der Waals surface area contributed by atoms with Gasteiger partial charge in [-0.2, -0.15) is 0 Å². The van der Waals surface area contributed by atoms with Crippen molar-refractivity contribution in [2.75, 3.05) is 0 Å². The largest absolute Gasteiger partial charge is 0.349 e. The van der Waals surface area contributed by atoms with Gasteiger partial charge in [-0.05, 0) is 71.8 Å². The lowest BCUT2D eigenvalue weighted by molar-refractivity contribution is 0.0940. The predicted octanol–water partition coefficient (Wildman–Crippen LogP) is 4.96. The molecule has 2 aromatic rings. The molecule has 0 radical (unpaired) electrons. The minimum absolute atomic E-state index is 0.00835. The Balaban J connectivity index is 2.00. The number of amides is 1. The molecule has 1 amide bonds. The first-order chi connectivity index (χ1) is 9.95. The van der Waals surface area contributed by atoms with Gasteiger partial charge in [0.2, 0.25) is 0 Å². The maximum atomic E-state index is 12.2. The number of carbonyl (C=O) groups excluding carboxylic acids is 1. The average molecular weight is 434 g/mol. The first-order valence-corrected chi connectivity index (χ1v) is 8.29. The Labute approximate surface area is 148 Å². The average Bonchev–Trinajstić information content (AvgIpc) is 2.41. The molecule has 0 bridgehead atoms. The van der Waals surface area contributed by atoms with Gasteiger partial charge in [0.25, 0.3) is 5.91 Å². The summed E-state index contributed by atoms with van der Waals surface area (Å²) in [6.07, 6.45) is 0.727. The zero-order valence-corrected chi connectivity index (χ0v) is 15.0. The summed E-state index contributed by atoms with van der Waals surface area (Å²) in [5.41, 5.74) is 1.66. The van der Waals surface area contributed by atoms with Crippen LogP contribution in [0.2, 0.25) is 10.0 Å². The monoisotopic (exact) mass is 433 g/mol. The highest BCUT2D eigenvalue weighted by Crippen LogP contribution is 2.19. The van der Waals surface area contributed by atoms with Gasteiger partial charge < -0.3 is 5.32 Å². The number of hydrogen-bond acceptors (Lipinski definition) is 1. The van der Waals surface area contributed by atoms with Gasteiger partial charge in [0.15, 0.2) is 0 Å². The van der Waals surface area contributed by atoms with Crippen molar-refractivity contribution in [1.29, 1.82) is 0 Å². The van der Waals surface area contributed by atoms with E-state index < -0.39 is 0 Å². The fourth-order valence-corrected chi connectivity index (χ4v) is 2.74. The van der Waals surface area contributed by atoms with Crippen molar-refractivity contribution in [1.82, 2.24) is 5.32 Å². The maximum absolute atomic E-state index is 12.2. The lowest BCUT2D eigenvalue weighted by Crippen LogP contribution is -2.34. The van der Waals surface area contributed by atoms with Gasteiger partial charge in [-0.25, -0.2) is 0 Å². The van der Waals surface area contributed by atoms with Crippen molar-refractivity contribution in [3.63, 3.8) is 0 Å². The number of nitrogens with one attached hydrogen (secondary N) is 1. The van der Waals surface area contributed by atoms with Gasteiger partial charge in [0.05, 0.1) is 5.02 Å². The van der Waals surface area contributed by atoms with Crippen LogP contribution in [0.1, 0.15) is 22.8 Å². The van der Waals surface area contributed by atoms with Gasteiger partial charge in [0.1, 0.15) is 0 Å². The predicted molar refractivity (Wildman–Crippen MR) is 96.3 cm³/mol. The molecule has 0 spiro atoms. The van der Waals surface area contributed by atoms with Gasteiger partial charge in [-0.3, -0.25) is 4.79 Å². The van der Waals surface area contributed by atoms with Crippen molar-refractivity contribution >= 4 is 51.7 Å². The molecule has 2 aromatic carbocycles. The summed E-state index contributed by atoms with van der Waals surface area (Å²) >= 11 is 14.1. The Morgan fingerprint density at radius 2 is 2.00 bits per heavy atom. The second-order valence-electron chi connectivity index (χ2n) is 4.84. The van der Waals surface area contributed by atoms with E-state index in [-0.39, 0.29) is 11.9 Å². The number of hydrogen-bond donors (Lipinski definition) is 1. The van der Waals surface area contributed by atoms with Crippen LogP contribution in [0.4, 0.5) is 0 Å². The topological polar surface area (TPSA) is 29.1 Å². The van der Waals surface area contributed by atoms with E-state index in [0.29, 0.717) is 15.6 Å². The Morgan fingerprint density at radius 1 is 1.24 bits per heavy atom. The van der Waals surface area contributed by atoms with Crippen molar-refractivity contribution in [3.8, 4) is 0 Å². The Hall–Kier alpha value is -0.780. The van der Waals surface area contributed by atoms with Crippen LogP contribution in [0.25, 0.3) is 0 Å². The summed E-state index contributed by atoms with van der Waals surface area (Å²) in [7, 11) is 0. The molecule has 5 heteroatoms. The second-order valence-corrected chi connectivity index (χ2v) is 6.84. The fourth-order valence-electron chi connectivity index (χ4n) is 2.01. The van der Waals surface area contributed by atoms with Crippen LogP contribution in [0.5, 0.6) is 0 Å². The molecule has 0 fully saturated rings. The van der Waals surface area contributed by atoms with Crippen LogP contribution in [0.3, 0.4) is 0 Å². The van der Waals surface area contributed by atoms with E-state index in [0.717, 1.165) is 15.6 Å². The zero-order valence-electron chi connectivity index (χ0n) is 11.4. The third kappa shape index (κ3) is 4.87. The van der Waals surface area contributed by atoms with Crippen LogP contribution in [-0.2, 0) is 6.42 Å². The number of benzene rings is 2. The van der Waals surface area contributed by atoms with Crippen molar-refractivity contribution in [2.24, 2.45) is 0 Å². The Kier molecular flexibility index (Phi) is 5.90. The third-order valence-electron chi connectivity index (χ3n) is 2.99. The normalized spacial score (nSPS) is 12.0. The molecule has 21 heavy (non-hydrogen) atoms. The van der Waals surface area contributed by atoms with Crippen molar-refractivity contribution < 1.29 is 4.79 Å². The molecule has 1 atom stereocenters. The molecular formula is C16H14Cl2INO. The molecule has 2 rings (SSSR count). The molecule has 0 heterocycles. The van der Waals surface area contributed by atoms with Crippen LogP contribution in [0.15, 0.2) is 42.5 Å². The zero-order chi connectivity index (χ0) is 15.4. The minimum atomic E-state index is -0.122. The summed E-state index contributed by atoms with van der Waals surface area (Å²) in [4.78, 5) is 12.2. The first kappa shape index (κ1) is 16.6. The molecule has 0 aromatic heterocycles. The first-order valence-electron chi connectivity index (χ1n) is 6.46. The lowest BCUT2D eigenvalue weighted by atomic mass is 10.1. The fraction of sp³-hybridized carbons (Fsp3) is 0.188. The molecule has 2 nitrogen and oxygen atoms in total. The third-order valence-corrected chi connectivity index (χ3v) is 4.80. The van der Waals surface area contributed by atoms with E-state index in [9.17, 15) is 4.79 Å². The number of halogens is 3. The van der Waals surface area contributed by atoms with E-state index in [4.69, 9.17) is 23.2 Å². The highest BCUT2D eigenvalue weighted by molar-refractivity contribution is 14.1. The maximum Gasteiger partial charge on any atom is 0.251 e. The van der Waals surface area contributed by atoms with Crippen LogP contribution >= 0.6 is 45.8 Å². The summed E-state index contributed by atoms with van der Waals surface area (Å²) in [5.74, 6) is -0.122. The molecule has 0 aliphatic heterocycles. The lowest BCUT2D eigenvalue weighted by Gasteiger charge is -2.14. The van der Waals surface area contributed by atoms with Gasteiger partial charge in [-0.1, -0.05) is 35.3 Å². The van der Waals surface area contributed by atoms with E-state index in [1.165, 1.54) is 0 Å². The van der Waals surface area contributed by atoms with Gasteiger partial charge >= 0.3 is 0 Å². The number of rotatable bonds is 4. The highest BCUT2D eigenvalue weighted by atomic mass is 127. The number of carbonyl (C=O) groups is 1. The Morgan fingerprint density at radius 3 is 2.67 bits per heavy atom. The summed E-state index contributed by atoms with van der Waals surface area (Å²) in [5, 5.41) is 4.26. The summed E-state index contributed by atoms with van der Waals surface area (Å²) in [6, 6.07) is 12.9. The van der Waals surface area contributed by atoms with Crippen LogP contribution in [-0.4, -0.2) is 11.9 Å². The van der Waals surface area contributed by atoms with E-state index in [1.54, 1.807) is 12.1 Å². The Bertz CT molecular complexity index is 660. The molecule has 110 valence electrons. The van der Waals surface area contributed by atoms with Gasteiger partial charge in [0, 0.05) is 20.2 Å². The molecule has 1 unspecified atom stereocenters. The molecule has 0 saturated carbocycles. The smallest absolute Gasteiger partial charge is 0.251 e. The molecule has 0 aliphatic carbocycles. The van der Waals surface area contributed by atoms with Gasteiger partial charge in [-0.15, -0.1) is 0 Å². The SMILES string of the molecule is CC(Cc1cccc(Cl)c1)NC(=O)c1ccc(I)c(Cl)c1. The van der Waals surface area contributed by atoms with E-state index in [2.05, 4.69) is 27.9 Å². The summed E-state index contributed by atoms with van der Waals surface area (Å²) in [6.45, 7) is 1.97. The van der Waals surface area contributed by atoms with Crippen molar-refractivity contribution in [3.05, 3.63) is 67.2 Å². The quantitative estimate of drug-likeness (QED) is 0.678. The minimum Gasteiger partial charge on any atom is -0.349 e. The molecule has 0 saturated heterocycles. The van der Waals surface area contributed by atoms with Crippen molar-refractivity contribution in [2.45, 2.75) is 19.4 Å². The van der Waals surface area contributed by atoms with E-state index >= 15 is 0 Å². The highest BCUT2D eigenvalue weighted by Gasteiger charge is 2.11. The molecule has 0 aliphatic rings. The van der Waals surface area contributed by atoms with Crippen LogP contribution < -0.4 is 5.32 Å². The standard InChI is InChI=1S/C16H14Cl2INO/c1-10(7-11-3-2-4-13(17)8-11)20-16(21)12-5-6-15(19)14(18)9-12/h2-6,8-10H,7H2,1H3,(H,20,21).